The van der Waals surface area contributed by atoms with Gasteiger partial charge in [-0.3, -0.25) is 4.79 Å². The van der Waals surface area contributed by atoms with Crippen LogP contribution in [0, 0.1) is 0 Å². The highest BCUT2D eigenvalue weighted by Crippen LogP contribution is 2.14. The van der Waals surface area contributed by atoms with Crippen LogP contribution in [-0.4, -0.2) is 36.7 Å². The number of hydrogen-bond donors (Lipinski definition) is 1. The normalized spacial score (nSPS) is 13.6. The summed E-state index contributed by atoms with van der Waals surface area (Å²) < 4.78 is 9.65. The van der Waals surface area contributed by atoms with Crippen LogP contribution in [0.25, 0.3) is 0 Å². The summed E-state index contributed by atoms with van der Waals surface area (Å²) in [6.45, 7) is 1.08. The smallest absolute Gasteiger partial charge is 0.341 e. The number of esters is 1. The lowest BCUT2D eigenvalue weighted by atomic mass is 10.1. The summed E-state index contributed by atoms with van der Waals surface area (Å²) in [5, 5.41) is 9.69. The van der Waals surface area contributed by atoms with Crippen LogP contribution >= 0.6 is 0 Å². The Morgan fingerprint density at radius 1 is 1.41 bits per heavy atom. The maximum atomic E-state index is 11.2. The fourth-order valence-electron chi connectivity index (χ4n) is 1.15. The Kier molecular flexibility index (Phi) is 4.23. The molecule has 0 saturated carbocycles. The predicted octanol–water partition coefficient (Wildman–Crippen LogP) is 0.802. The van der Waals surface area contributed by atoms with Crippen LogP contribution in [0.4, 0.5) is 0 Å². The van der Waals surface area contributed by atoms with Crippen molar-refractivity contribution >= 4 is 12.3 Å². The minimum Gasteiger partial charge on any atom is -0.490 e. The molecule has 1 atom stereocenters. The van der Waals surface area contributed by atoms with Crippen LogP contribution in [-0.2, 0) is 9.53 Å². The van der Waals surface area contributed by atoms with Gasteiger partial charge in [-0.25, -0.2) is 4.79 Å². The topological polar surface area (TPSA) is 72.8 Å². The van der Waals surface area contributed by atoms with Crippen molar-refractivity contribution in [2.24, 2.45) is 0 Å². The monoisotopic (exact) mass is 238 g/mol. The molecular weight excluding hydrogens is 224 g/mol. The van der Waals surface area contributed by atoms with Crippen LogP contribution in [0.2, 0.25) is 0 Å². The van der Waals surface area contributed by atoms with Crippen molar-refractivity contribution in [2.75, 3.05) is 13.7 Å². The molecule has 1 rings (SSSR count). The molecule has 0 aliphatic heterocycles. The summed E-state index contributed by atoms with van der Waals surface area (Å²) in [7, 11) is 1.19. The van der Waals surface area contributed by atoms with E-state index in [2.05, 4.69) is 4.74 Å². The largest absolute Gasteiger partial charge is 0.490 e. The van der Waals surface area contributed by atoms with E-state index in [0.717, 1.165) is 0 Å². The quantitative estimate of drug-likeness (QED) is 0.606. The molecule has 0 aliphatic carbocycles. The summed E-state index contributed by atoms with van der Waals surface area (Å²) in [4.78, 5) is 21.6. The Hall–Kier alpha value is -1.88. The molecule has 0 aliphatic rings. The third-order valence-corrected chi connectivity index (χ3v) is 2.16. The standard InChI is InChI=1S/C12H14O5/c1-12(15,11(14)16-2)8-17-10-5-3-9(7-13)4-6-10/h3-7,15H,8H2,1-2H3. The highest BCUT2D eigenvalue weighted by atomic mass is 16.6. The molecule has 0 fully saturated rings. The van der Waals surface area contributed by atoms with Gasteiger partial charge in [0.25, 0.3) is 0 Å². The van der Waals surface area contributed by atoms with E-state index in [4.69, 9.17) is 4.74 Å². The average Bonchev–Trinajstić information content (AvgIpc) is 2.36. The van der Waals surface area contributed by atoms with Gasteiger partial charge in [0.15, 0.2) is 5.60 Å². The lowest BCUT2D eigenvalue weighted by Crippen LogP contribution is -2.42. The van der Waals surface area contributed by atoms with Crippen molar-refractivity contribution < 1.29 is 24.2 Å². The molecule has 1 N–H and O–H groups in total. The Labute approximate surface area is 99.0 Å². The van der Waals surface area contributed by atoms with E-state index in [1.54, 1.807) is 24.3 Å². The fourth-order valence-corrected chi connectivity index (χ4v) is 1.15. The molecule has 5 heteroatoms. The van der Waals surface area contributed by atoms with Crippen molar-refractivity contribution in [3.63, 3.8) is 0 Å². The van der Waals surface area contributed by atoms with Crippen LogP contribution in [0.3, 0.4) is 0 Å². The molecule has 0 heterocycles. The van der Waals surface area contributed by atoms with Gasteiger partial charge in [0.2, 0.25) is 0 Å². The van der Waals surface area contributed by atoms with E-state index < -0.39 is 11.6 Å². The zero-order valence-electron chi connectivity index (χ0n) is 9.67. The third kappa shape index (κ3) is 3.57. The van der Waals surface area contributed by atoms with Gasteiger partial charge in [-0.15, -0.1) is 0 Å². The molecule has 5 nitrogen and oxygen atoms in total. The molecule has 92 valence electrons. The first-order valence-electron chi connectivity index (χ1n) is 4.98. The zero-order chi connectivity index (χ0) is 12.9. The average molecular weight is 238 g/mol. The van der Waals surface area contributed by atoms with Gasteiger partial charge in [-0.1, -0.05) is 0 Å². The minimum absolute atomic E-state index is 0.222. The number of benzene rings is 1. The number of rotatable bonds is 5. The van der Waals surface area contributed by atoms with Crippen molar-refractivity contribution in [3.05, 3.63) is 29.8 Å². The van der Waals surface area contributed by atoms with Gasteiger partial charge in [0.05, 0.1) is 7.11 Å². The van der Waals surface area contributed by atoms with Gasteiger partial charge in [0.1, 0.15) is 18.6 Å². The van der Waals surface area contributed by atoms with Gasteiger partial charge >= 0.3 is 5.97 Å². The lowest BCUT2D eigenvalue weighted by molar-refractivity contribution is -0.163. The molecule has 1 aromatic carbocycles. The lowest BCUT2D eigenvalue weighted by Gasteiger charge is -2.20. The van der Waals surface area contributed by atoms with Crippen LogP contribution in [0.5, 0.6) is 5.75 Å². The number of carbonyl (C=O) groups excluding carboxylic acids is 2. The minimum atomic E-state index is -1.70. The highest BCUT2D eigenvalue weighted by Gasteiger charge is 2.32. The molecule has 1 aromatic rings. The molecule has 0 spiro atoms. The van der Waals surface area contributed by atoms with Gasteiger partial charge in [-0.05, 0) is 31.2 Å². The van der Waals surface area contributed by atoms with Crippen LogP contribution in [0.15, 0.2) is 24.3 Å². The summed E-state index contributed by atoms with van der Waals surface area (Å²) in [6.07, 6.45) is 0.717. The van der Waals surface area contributed by atoms with E-state index in [9.17, 15) is 14.7 Å². The summed E-state index contributed by atoms with van der Waals surface area (Å²) in [5.74, 6) is -0.304. The molecule has 0 aromatic heterocycles. The number of aldehydes is 1. The summed E-state index contributed by atoms with van der Waals surface area (Å²) in [6, 6.07) is 6.32. The Balaban J connectivity index is 2.60. The first kappa shape index (κ1) is 13.2. The Morgan fingerprint density at radius 2 is 2.00 bits per heavy atom. The summed E-state index contributed by atoms with van der Waals surface area (Å²) >= 11 is 0. The van der Waals surface area contributed by atoms with Crippen molar-refractivity contribution in [1.29, 1.82) is 0 Å². The number of hydrogen-bond acceptors (Lipinski definition) is 5. The SMILES string of the molecule is COC(=O)C(C)(O)COc1ccc(C=O)cc1. The second kappa shape index (κ2) is 5.45. The summed E-state index contributed by atoms with van der Waals surface area (Å²) in [5.41, 5.74) is -1.17. The first-order valence-corrected chi connectivity index (χ1v) is 4.98. The van der Waals surface area contributed by atoms with E-state index in [0.29, 0.717) is 17.6 Å². The van der Waals surface area contributed by atoms with Crippen molar-refractivity contribution in [1.82, 2.24) is 0 Å². The third-order valence-electron chi connectivity index (χ3n) is 2.16. The van der Waals surface area contributed by atoms with Gasteiger partial charge in [-0.2, -0.15) is 0 Å². The number of methoxy groups -OCH3 is 1. The second-order valence-corrected chi connectivity index (χ2v) is 3.74. The van der Waals surface area contributed by atoms with Gasteiger partial charge in [0, 0.05) is 5.56 Å². The maximum absolute atomic E-state index is 11.2. The Morgan fingerprint density at radius 3 is 2.47 bits per heavy atom. The molecule has 1 unspecified atom stereocenters. The number of carbonyl (C=O) groups is 2. The molecular formula is C12H14O5. The number of ether oxygens (including phenoxy) is 2. The molecule has 0 saturated heterocycles. The van der Waals surface area contributed by atoms with E-state index in [1.165, 1.54) is 14.0 Å². The van der Waals surface area contributed by atoms with Crippen LogP contribution < -0.4 is 4.74 Å². The van der Waals surface area contributed by atoms with E-state index in [-0.39, 0.29) is 6.61 Å². The molecule has 0 bridgehead atoms. The van der Waals surface area contributed by atoms with Crippen molar-refractivity contribution in [3.8, 4) is 5.75 Å². The highest BCUT2D eigenvalue weighted by molar-refractivity contribution is 5.78. The van der Waals surface area contributed by atoms with Crippen molar-refractivity contribution in [2.45, 2.75) is 12.5 Å². The number of aliphatic hydroxyl groups is 1. The van der Waals surface area contributed by atoms with Gasteiger partial charge < -0.3 is 14.6 Å². The fraction of sp³-hybridized carbons (Fsp3) is 0.333. The molecule has 0 amide bonds. The van der Waals surface area contributed by atoms with Crippen LogP contribution in [0.1, 0.15) is 17.3 Å². The molecule has 0 radical (unpaired) electrons. The Bertz CT molecular complexity index is 394. The maximum Gasteiger partial charge on any atom is 0.341 e. The first-order chi connectivity index (χ1) is 7.99. The second-order valence-electron chi connectivity index (χ2n) is 3.74. The molecule has 17 heavy (non-hydrogen) atoms. The van der Waals surface area contributed by atoms with E-state index >= 15 is 0 Å². The van der Waals surface area contributed by atoms with E-state index in [1.807, 2.05) is 0 Å². The zero-order valence-corrected chi connectivity index (χ0v) is 9.67. The predicted molar refractivity (Wildman–Crippen MR) is 60.0 cm³/mol.